The van der Waals surface area contributed by atoms with Crippen molar-refractivity contribution >= 4 is 92.3 Å². The van der Waals surface area contributed by atoms with Crippen molar-refractivity contribution in [2.75, 3.05) is 4.90 Å². The molecule has 3 nitrogen and oxygen atoms in total. The maximum atomic E-state index is 6.72. The molecule has 0 aliphatic carbocycles. The zero-order valence-electron chi connectivity index (χ0n) is 28.0. The van der Waals surface area contributed by atoms with Crippen LogP contribution in [0.4, 0.5) is 17.1 Å². The molecule has 4 heteroatoms. The fraction of sp³-hybridized carbons (Fsp3) is 0. The lowest BCUT2D eigenvalue weighted by atomic mass is 10.00. The van der Waals surface area contributed by atoms with Crippen molar-refractivity contribution in [3.63, 3.8) is 0 Å². The van der Waals surface area contributed by atoms with Crippen LogP contribution in [0.25, 0.3) is 80.7 Å². The van der Waals surface area contributed by atoms with Crippen LogP contribution in [-0.2, 0) is 0 Å². The van der Waals surface area contributed by atoms with E-state index in [-0.39, 0.29) is 0 Å². The van der Waals surface area contributed by atoms with E-state index in [0.29, 0.717) is 0 Å². The van der Waals surface area contributed by atoms with Gasteiger partial charge in [-0.3, -0.25) is 0 Å². The van der Waals surface area contributed by atoms with E-state index >= 15 is 0 Å². The number of benzene rings is 8. The highest BCUT2D eigenvalue weighted by atomic mass is 32.1. The number of fused-ring (bicyclic) bond motifs is 9. The Hall–Kier alpha value is -6.62. The maximum absolute atomic E-state index is 6.72. The molecule has 0 saturated carbocycles. The monoisotopic (exact) mass is 682 g/mol. The van der Waals surface area contributed by atoms with Crippen LogP contribution in [0.3, 0.4) is 0 Å². The van der Waals surface area contributed by atoms with Gasteiger partial charge in [-0.15, -0.1) is 11.3 Å². The van der Waals surface area contributed by atoms with Crippen LogP contribution in [0.5, 0.6) is 0 Å². The molecular weight excluding hydrogens is 653 g/mol. The molecule has 0 N–H and O–H groups in total. The molecule has 8 aromatic carbocycles. The van der Waals surface area contributed by atoms with Crippen LogP contribution in [-0.4, -0.2) is 4.57 Å². The number of nitrogens with zero attached hydrogens (tertiary/aromatic N) is 2. The fourth-order valence-corrected chi connectivity index (χ4v) is 9.37. The van der Waals surface area contributed by atoms with Gasteiger partial charge in [0.05, 0.1) is 22.4 Å². The van der Waals surface area contributed by atoms with Gasteiger partial charge in [0.25, 0.3) is 0 Å². The molecule has 0 amide bonds. The predicted octanol–water partition coefficient (Wildman–Crippen LogP) is 14.2. The van der Waals surface area contributed by atoms with Crippen molar-refractivity contribution in [3.05, 3.63) is 182 Å². The van der Waals surface area contributed by atoms with E-state index in [2.05, 4.69) is 185 Å². The SMILES string of the molecule is c1ccc(-c2ccc(N(c3ccc(-n4c5ccccc5c5ccccc54)cc3)c3cccc4c3oc3ccccc34)c3c2sc2ccccc23)cc1. The highest BCUT2D eigenvalue weighted by molar-refractivity contribution is 7.26. The molecule has 0 unspecified atom stereocenters. The van der Waals surface area contributed by atoms with E-state index in [0.717, 1.165) is 44.7 Å². The van der Waals surface area contributed by atoms with Crippen LogP contribution >= 0.6 is 11.3 Å². The number of rotatable bonds is 5. The highest BCUT2D eigenvalue weighted by Crippen LogP contribution is 2.50. The van der Waals surface area contributed by atoms with Crippen LogP contribution in [0.2, 0.25) is 0 Å². The summed E-state index contributed by atoms with van der Waals surface area (Å²) in [5.41, 5.74) is 10.9. The lowest BCUT2D eigenvalue weighted by Crippen LogP contribution is -2.11. The van der Waals surface area contributed by atoms with Crippen LogP contribution in [0.1, 0.15) is 0 Å². The van der Waals surface area contributed by atoms with Gasteiger partial charge in [0, 0.05) is 53.1 Å². The molecule has 0 fully saturated rings. The van der Waals surface area contributed by atoms with Gasteiger partial charge in [0.2, 0.25) is 0 Å². The minimum Gasteiger partial charge on any atom is -0.454 e. The molecule has 11 rings (SSSR count). The van der Waals surface area contributed by atoms with E-state index in [1.54, 1.807) is 0 Å². The summed E-state index contributed by atoms with van der Waals surface area (Å²) >= 11 is 1.86. The minimum absolute atomic E-state index is 0.870. The fourth-order valence-electron chi connectivity index (χ4n) is 8.11. The number of hydrogen-bond donors (Lipinski definition) is 0. The van der Waals surface area contributed by atoms with Gasteiger partial charge in [-0.05, 0) is 71.8 Å². The summed E-state index contributed by atoms with van der Waals surface area (Å²) in [6, 6.07) is 65.3. The molecule has 3 heterocycles. The summed E-state index contributed by atoms with van der Waals surface area (Å²) in [6.07, 6.45) is 0. The zero-order chi connectivity index (χ0) is 34.2. The van der Waals surface area contributed by atoms with E-state index in [1.165, 1.54) is 53.1 Å². The second-order valence-corrected chi connectivity index (χ2v) is 14.3. The number of hydrogen-bond acceptors (Lipinski definition) is 3. The van der Waals surface area contributed by atoms with Crippen molar-refractivity contribution in [3.8, 4) is 16.8 Å². The lowest BCUT2D eigenvalue weighted by molar-refractivity contribution is 0.669. The van der Waals surface area contributed by atoms with Crippen molar-refractivity contribution in [1.82, 2.24) is 4.57 Å². The molecule has 0 bridgehead atoms. The second kappa shape index (κ2) is 11.5. The van der Waals surface area contributed by atoms with Crippen molar-refractivity contribution in [2.45, 2.75) is 0 Å². The molecule has 0 saturated heterocycles. The Kier molecular flexibility index (Phi) is 6.42. The average Bonchev–Trinajstić information content (AvgIpc) is 3.89. The molecule has 11 aromatic rings. The highest BCUT2D eigenvalue weighted by Gasteiger charge is 2.24. The third kappa shape index (κ3) is 4.31. The van der Waals surface area contributed by atoms with Gasteiger partial charge >= 0.3 is 0 Å². The topological polar surface area (TPSA) is 21.3 Å². The van der Waals surface area contributed by atoms with E-state index in [9.17, 15) is 0 Å². The number of aromatic nitrogens is 1. The van der Waals surface area contributed by atoms with Crippen LogP contribution < -0.4 is 4.90 Å². The largest absolute Gasteiger partial charge is 0.454 e. The summed E-state index contributed by atoms with van der Waals surface area (Å²) in [5.74, 6) is 0. The molecule has 0 spiro atoms. The Morgan fingerprint density at radius 2 is 1.10 bits per heavy atom. The van der Waals surface area contributed by atoms with Crippen LogP contribution in [0.15, 0.2) is 186 Å². The Bertz CT molecular complexity index is 3080. The first kappa shape index (κ1) is 29.1. The number of thiophene rings is 1. The summed E-state index contributed by atoms with van der Waals surface area (Å²) in [7, 11) is 0. The summed E-state index contributed by atoms with van der Waals surface area (Å²) in [4.78, 5) is 2.40. The summed E-state index contributed by atoms with van der Waals surface area (Å²) < 4.78 is 11.6. The van der Waals surface area contributed by atoms with Crippen molar-refractivity contribution in [1.29, 1.82) is 0 Å². The quantitative estimate of drug-likeness (QED) is 0.180. The third-order valence-corrected chi connectivity index (χ3v) is 11.6. The van der Waals surface area contributed by atoms with Gasteiger partial charge in [0.15, 0.2) is 5.58 Å². The van der Waals surface area contributed by atoms with E-state index in [4.69, 9.17) is 4.42 Å². The Morgan fingerprint density at radius 1 is 0.462 bits per heavy atom. The Morgan fingerprint density at radius 3 is 1.87 bits per heavy atom. The molecule has 0 aliphatic rings. The molecule has 0 radical (unpaired) electrons. The molecule has 3 aromatic heterocycles. The second-order valence-electron chi connectivity index (χ2n) is 13.3. The average molecular weight is 683 g/mol. The van der Waals surface area contributed by atoms with Gasteiger partial charge in [-0.1, -0.05) is 121 Å². The standard InChI is InChI=1S/C48H30N2OS/c1-2-13-31(14-3-1)34-29-30-42(46-39-18-7-11-24-45(39)52-48(34)46)50(43-22-12-19-38-37-17-6-10-23-44(37)51-47(38)43)33-27-25-32(26-28-33)49-40-20-8-4-15-35(40)36-16-5-9-21-41(36)49/h1-30H. The third-order valence-electron chi connectivity index (χ3n) is 10.4. The number of furan rings is 1. The summed E-state index contributed by atoms with van der Waals surface area (Å²) in [6.45, 7) is 0. The lowest BCUT2D eigenvalue weighted by Gasteiger charge is -2.27. The molecule has 0 atom stereocenters. The van der Waals surface area contributed by atoms with Crippen LogP contribution in [0, 0.1) is 0 Å². The Balaban J connectivity index is 1.19. The van der Waals surface area contributed by atoms with Gasteiger partial charge in [-0.25, -0.2) is 0 Å². The Labute approximate surface area is 303 Å². The first-order chi connectivity index (χ1) is 25.8. The molecule has 0 aliphatic heterocycles. The summed E-state index contributed by atoms with van der Waals surface area (Å²) in [5, 5.41) is 7.22. The molecule has 244 valence electrons. The van der Waals surface area contributed by atoms with E-state index in [1.807, 2.05) is 17.4 Å². The molecule has 52 heavy (non-hydrogen) atoms. The predicted molar refractivity (Wildman–Crippen MR) is 221 cm³/mol. The normalized spacial score (nSPS) is 11.8. The minimum atomic E-state index is 0.870. The zero-order valence-corrected chi connectivity index (χ0v) is 28.8. The van der Waals surface area contributed by atoms with Gasteiger partial charge < -0.3 is 13.9 Å². The maximum Gasteiger partial charge on any atom is 0.159 e. The van der Waals surface area contributed by atoms with Gasteiger partial charge in [-0.2, -0.15) is 0 Å². The first-order valence-corrected chi connectivity index (χ1v) is 18.4. The molecular formula is C48H30N2OS. The number of para-hydroxylation sites is 4. The van der Waals surface area contributed by atoms with Crippen molar-refractivity contribution < 1.29 is 4.42 Å². The van der Waals surface area contributed by atoms with Crippen molar-refractivity contribution in [2.24, 2.45) is 0 Å². The first-order valence-electron chi connectivity index (χ1n) is 17.6. The van der Waals surface area contributed by atoms with Gasteiger partial charge in [0.1, 0.15) is 5.58 Å². The smallest absolute Gasteiger partial charge is 0.159 e. The number of anilines is 3. The van der Waals surface area contributed by atoms with E-state index < -0.39 is 0 Å².